The Morgan fingerprint density at radius 2 is 1.37 bits per heavy atom. The summed E-state index contributed by atoms with van der Waals surface area (Å²) in [5, 5.41) is 11.3. The zero-order valence-corrected chi connectivity index (χ0v) is 18.9. The summed E-state index contributed by atoms with van der Waals surface area (Å²) in [6, 6.07) is 33.0. The van der Waals surface area contributed by atoms with Gasteiger partial charge in [0.15, 0.2) is 0 Å². The summed E-state index contributed by atoms with van der Waals surface area (Å²) < 4.78 is 20.0. The number of hydrogen-bond donors (Lipinski definition) is 1. The Labute approximate surface area is 202 Å². The van der Waals surface area contributed by atoms with Crippen molar-refractivity contribution in [2.75, 3.05) is 6.61 Å². The molecule has 2 heterocycles. The zero-order valence-electron chi connectivity index (χ0n) is 18.9. The number of benzene rings is 4. The van der Waals surface area contributed by atoms with Crippen molar-refractivity contribution < 1.29 is 13.9 Å². The minimum Gasteiger partial charge on any atom is -0.460 e. The third-order valence-corrected chi connectivity index (χ3v) is 6.28. The van der Waals surface area contributed by atoms with Gasteiger partial charge in [0.05, 0.1) is 17.8 Å². The molecule has 1 N–H and O–H groups in total. The molecule has 0 spiro atoms. The van der Waals surface area contributed by atoms with Gasteiger partial charge in [0.25, 0.3) is 0 Å². The van der Waals surface area contributed by atoms with E-state index in [9.17, 15) is 9.50 Å². The lowest BCUT2D eigenvalue weighted by Crippen LogP contribution is -1.92. The van der Waals surface area contributed by atoms with Crippen molar-refractivity contribution in [1.82, 2.24) is 4.98 Å². The molecule has 6 rings (SSSR count). The highest BCUT2D eigenvalue weighted by Crippen LogP contribution is 2.40. The molecule has 0 aliphatic heterocycles. The Bertz CT molecular complexity index is 1640. The van der Waals surface area contributed by atoms with Crippen molar-refractivity contribution in [3.63, 3.8) is 0 Å². The molecule has 0 saturated carbocycles. The predicted molar refractivity (Wildman–Crippen MR) is 139 cm³/mol. The summed E-state index contributed by atoms with van der Waals surface area (Å²) in [4.78, 5) is 5.14. The van der Waals surface area contributed by atoms with E-state index in [4.69, 9.17) is 9.40 Å². The van der Waals surface area contributed by atoms with Crippen LogP contribution in [-0.2, 0) is 6.42 Å². The molecule has 0 bridgehead atoms. The third-order valence-electron chi connectivity index (χ3n) is 6.28. The molecule has 0 unspecified atom stereocenters. The molecule has 4 heteroatoms. The van der Waals surface area contributed by atoms with E-state index >= 15 is 0 Å². The minimum atomic E-state index is -0.295. The number of aliphatic hydroxyl groups excluding tert-OH is 1. The first-order chi connectivity index (χ1) is 17.2. The Morgan fingerprint density at radius 3 is 2.06 bits per heavy atom. The van der Waals surface area contributed by atoms with Gasteiger partial charge in [-0.2, -0.15) is 0 Å². The third kappa shape index (κ3) is 3.88. The first kappa shape index (κ1) is 21.3. The van der Waals surface area contributed by atoms with Crippen LogP contribution in [0.3, 0.4) is 0 Å². The maximum absolute atomic E-state index is 13.7. The van der Waals surface area contributed by atoms with Gasteiger partial charge in [-0.05, 0) is 59.2 Å². The number of aliphatic hydroxyl groups is 1. The zero-order chi connectivity index (χ0) is 23.8. The van der Waals surface area contributed by atoms with Gasteiger partial charge >= 0.3 is 0 Å². The number of fused-ring (bicyclic) bond motifs is 3. The molecule has 0 atom stereocenters. The molecular formula is C31H22FNO2. The fourth-order valence-electron chi connectivity index (χ4n) is 4.61. The Hall–Kier alpha value is -4.28. The average Bonchev–Trinajstić information content (AvgIpc) is 3.33. The number of nitrogens with zero attached hydrogens (tertiary/aromatic N) is 1. The minimum absolute atomic E-state index is 0.0123. The van der Waals surface area contributed by atoms with Crippen LogP contribution in [0.4, 0.5) is 4.39 Å². The molecule has 35 heavy (non-hydrogen) atoms. The Kier molecular flexibility index (Phi) is 5.36. The van der Waals surface area contributed by atoms with Crippen LogP contribution >= 0.6 is 0 Å². The Balaban J connectivity index is 1.74. The molecule has 0 aliphatic carbocycles. The molecule has 170 valence electrons. The van der Waals surface area contributed by atoms with Gasteiger partial charge in [-0.15, -0.1) is 0 Å². The molecule has 0 radical (unpaired) electrons. The smallest absolute Gasteiger partial charge is 0.145 e. The monoisotopic (exact) mass is 459 g/mol. The maximum Gasteiger partial charge on any atom is 0.145 e. The summed E-state index contributed by atoms with van der Waals surface area (Å²) in [7, 11) is 0. The van der Waals surface area contributed by atoms with Crippen LogP contribution in [0.15, 0.2) is 108 Å². The first-order valence-electron chi connectivity index (χ1n) is 11.6. The molecule has 0 saturated heterocycles. The van der Waals surface area contributed by atoms with Gasteiger partial charge in [0.2, 0.25) is 0 Å². The number of furan rings is 1. The van der Waals surface area contributed by atoms with E-state index in [0.717, 1.165) is 49.8 Å². The van der Waals surface area contributed by atoms with Gasteiger partial charge in [-0.3, -0.25) is 0 Å². The van der Waals surface area contributed by atoms with Crippen molar-refractivity contribution in [1.29, 1.82) is 0 Å². The fraction of sp³-hybridized carbons (Fsp3) is 0.0645. The molecular weight excluding hydrogens is 437 g/mol. The summed E-state index contributed by atoms with van der Waals surface area (Å²) in [6.07, 6.45) is 0.406. The van der Waals surface area contributed by atoms with E-state index in [0.29, 0.717) is 17.8 Å². The van der Waals surface area contributed by atoms with Gasteiger partial charge < -0.3 is 9.52 Å². The van der Waals surface area contributed by atoms with Gasteiger partial charge in [-0.1, -0.05) is 60.7 Å². The topological polar surface area (TPSA) is 46.3 Å². The summed E-state index contributed by atoms with van der Waals surface area (Å²) in [5.41, 5.74) is 7.27. The van der Waals surface area contributed by atoms with Crippen LogP contribution in [-0.4, -0.2) is 16.7 Å². The van der Waals surface area contributed by atoms with Crippen molar-refractivity contribution in [3.05, 3.63) is 115 Å². The van der Waals surface area contributed by atoms with E-state index in [1.807, 2.05) is 42.5 Å². The van der Waals surface area contributed by atoms with Crippen LogP contribution in [0.5, 0.6) is 0 Å². The van der Waals surface area contributed by atoms with Gasteiger partial charge in [-0.25, -0.2) is 9.37 Å². The van der Waals surface area contributed by atoms with Gasteiger partial charge in [0, 0.05) is 28.3 Å². The number of rotatable bonds is 5. The molecule has 0 amide bonds. The van der Waals surface area contributed by atoms with Crippen LogP contribution < -0.4 is 0 Å². The lowest BCUT2D eigenvalue weighted by molar-refractivity contribution is 0.289. The lowest BCUT2D eigenvalue weighted by atomic mass is 9.94. The van der Waals surface area contributed by atoms with Crippen LogP contribution in [0.25, 0.3) is 55.4 Å². The second kappa shape index (κ2) is 8.82. The Morgan fingerprint density at radius 1 is 0.686 bits per heavy atom. The van der Waals surface area contributed by atoms with Gasteiger partial charge in [0.1, 0.15) is 17.2 Å². The van der Waals surface area contributed by atoms with E-state index in [-0.39, 0.29) is 12.4 Å². The van der Waals surface area contributed by atoms with Crippen molar-refractivity contribution >= 4 is 21.9 Å². The van der Waals surface area contributed by atoms with Crippen molar-refractivity contribution in [2.24, 2.45) is 0 Å². The SMILES string of the molecule is OCCc1cc2c(-c3ccc(F)cc3)nc3c(-c4ccccc4)cc(-c4ccccc4)cc3c2o1. The number of halogens is 1. The van der Waals surface area contributed by atoms with Crippen LogP contribution in [0.2, 0.25) is 0 Å². The van der Waals surface area contributed by atoms with E-state index in [1.165, 1.54) is 12.1 Å². The van der Waals surface area contributed by atoms with E-state index < -0.39 is 0 Å². The molecule has 0 aliphatic rings. The van der Waals surface area contributed by atoms with Crippen LogP contribution in [0, 0.1) is 5.82 Å². The standard InChI is InChI=1S/C31H22FNO2/c32-24-13-11-22(12-14-24)29-28-19-25(15-16-34)35-31(28)27-18-23(20-7-3-1-4-8-20)17-26(30(27)33-29)21-9-5-2-6-10-21/h1-14,17-19,34H,15-16H2. The fourth-order valence-corrected chi connectivity index (χ4v) is 4.61. The molecule has 3 nitrogen and oxygen atoms in total. The molecule has 6 aromatic rings. The highest BCUT2D eigenvalue weighted by atomic mass is 19.1. The molecule has 0 fully saturated rings. The largest absolute Gasteiger partial charge is 0.460 e. The van der Waals surface area contributed by atoms with Crippen LogP contribution in [0.1, 0.15) is 5.76 Å². The highest BCUT2D eigenvalue weighted by Gasteiger charge is 2.19. The normalized spacial score (nSPS) is 11.4. The number of pyridine rings is 1. The molecule has 2 aromatic heterocycles. The summed E-state index contributed by atoms with van der Waals surface area (Å²) >= 11 is 0. The van der Waals surface area contributed by atoms with Crippen molar-refractivity contribution in [2.45, 2.75) is 6.42 Å². The maximum atomic E-state index is 13.7. The summed E-state index contributed by atoms with van der Waals surface area (Å²) in [5.74, 6) is 0.392. The lowest BCUT2D eigenvalue weighted by Gasteiger charge is -2.13. The highest BCUT2D eigenvalue weighted by molar-refractivity contribution is 6.13. The van der Waals surface area contributed by atoms with Crippen molar-refractivity contribution in [3.8, 4) is 33.5 Å². The number of hydrogen-bond acceptors (Lipinski definition) is 3. The summed E-state index contributed by atoms with van der Waals surface area (Å²) in [6.45, 7) is -0.0123. The van der Waals surface area contributed by atoms with E-state index in [2.05, 4.69) is 36.4 Å². The number of aromatic nitrogens is 1. The molecule has 4 aromatic carbocycles. The quantitative estimate of drug-likeness (QED) is 0.288. The first-order valence-corrected chi connectivity index (χ1v) is 11.6. The van der Waals surface area contributed by atoms with E-state index in [1.54, 1.807) is 12.1 Å². The average molecular weight is 460 g/mol. The second-order valence-corrected chi connectivity index (χ2v) is 8.55. The second-order valence-electron chi connectivity index (χ2n) is 8.55. The predicted octanol–water partition coefficient (Wildman–Crippen LogP) is 7.66.